The van der Waals surface area contributed by atoms with Gasteiger partial charge in [-0.1, -0.05) is 25.8 Å². The highest BCUT2D eigenvalue weighted by molar-refractivity contribution is 5.25. The highest BCUT2D eigenvalue weighted by Crippen LogP contribution is 2.45. The number of benzene rings is 1. The first-order chi connectivity index (χ1) is 19.7. The number of hydrogen-bond acceptors (Lipinski definition) is 3. The van der Waals surface area contributed by atoms with Crippen molar-refractivity contribution in [3.8, 4) is 5.75 Å². The van der Waals surface area contributed by atoms with Crippen LogP contribution in [0.25, 0.3) is 0 Å². The van der Waals surface area contributed by atoms with Crippen LogP contribution in [0.2, 0.25) is 0 Å². The Bertz CT molecular complexity index is 1050. The third-order valence-corrected chi connectivity index (χ3v) is 8.74. The zero-order valence-corrected chi connectivity index (χ0v) is 23.4. The van der Waals surface area contributed by atoms with Crippen molar-refractivity contribution < 1.29 is 53.7 Å². The molecule has 1 aromatic carbocycles. The van der Waals surface area contributed by atoms with Crippen molar-refractivity contribution in [1.82, 2.24) is 0 Å². The number of hydrogen-bond donors (Lipinski definition) is 0. The molecular weight excluding hydrogens is 579 g/mol. The average Bonchev–Trinajstić information content (AvgIpc) is 2.92. The van der Waals surface area contributed by atoms with Crippen LogP contribution in [0.15, 0.2) is 23.8 Å². The van der Waals surface area contributed by atoms with Crippen molar-refractivity contribution in [2.24, 2.45) is 17.8 Å². The first-order valence-electron chi connectivity index (χ1n) is 14.7. The molecule has 0 N–H and O–H groups in total. The van der Waals surface area contributed by atoms with Crippen LogP contribution in [0.5, 0.6) is 5.75 Å². The van der Waals surface area contributed by atoms with Crippen LogP contribution in [-0.4, -0.2) is 30.5 Å². The summed E-state index contributed by atoms with van der Waals surface area (Å²) >= 11 is 0. The maximum atomic E-state index is 15.0. The van der Waals surface area contributed by atoms with E-state index in [1.807, 2.05) is 0 Å². The molecule has 2 fully saturated rings. The standard InChI is InChI=1S/C30H37F9O3/c1-2-3-18-4-6-19(7-5-18)28(34,35)40-22-12-8-20(9-13-22)29(36,37)41-23-14-10-21(11-15-23)30(38,39)42-24-16-25(31)27(33)26(32)17-24/h6,16-18,20-23H,2-5,7-15H2,1H3. The Kier molecular flexibility index (Phi) is 10.5. The third-order valence-electron chi connectivity index (χ3n) is 8.74. The summed E-state index contributed by atoms with van der Waals surface area (Å²) in [5.41, 5.74) is -0.0470. The van der Waals surface area contributed by atoms with Crippen LogP contribution < -0.4 is 4.74 Å². The van der Waals surface area contributed by atoms with Crippen LogP contribution in [0.1, 0.15) is 90.4 Å². The van der Waals surface area contributed by atoms with E-state index in [1.54, 1.807) is 6.08 Å². The molecule has 3 aliphatic rings. The van der Waals surface area contributed by atoms with Gasteiger partial charge in [0.15, 0.2) is 17.5 Å². The molecule has 0 bridgehead atoms. The second-order valence-corrected chi connectivity index (χ2v) is 11.8. The molecule has 0 amide bonds. The quantitative estimate of drug-likeness (QED) is 0.141. The van der Waals surface area contributed by atoms with Gasteiger partial charge < -0.3 is 14.2 Å². The van der Waals surface area contributed by atoms with Crippen LogP contribution >= 0.6 is 0 Å². The molecule has 3 nitrogen and oxygen atoms in total. The van der Waals surface area contributed by atoms with Gasteiger partial charge in [0, 0.05) is 17.7 Å². The minimum atomic E-state index is -3.88. The normalized spacial score (nSPS) is 28.0. The van der Waals surface area contributed by atoms with E-state index in [4.69, 9.17) is 9.47 Å². The lowest BCUT2D eigenvalue weighted by Crippen LogP contribution is -2.43. The Morgan fingerprint density at radius 3 is 1.74 bits per heavy atom. The summed E-state index contributed by atoms with van der Waals surface area (Å²) in [5, 5.41) is 0. The van der Waals surface area contributed by atoms with E-state index in [0.717, 1.165) is 12.8 Å². The summed E-state index contributed by atoms with van der Waals surface area (Å²) < 4.78 is 143. The molecule has 4 rings (SSSR count). The second kappa shape index (κ2) is 13.4. The van der Waals surface area contributed by atoms with Gasteiger partial charge in [-0.3, -0.25) is 0 Å². The van der Waals surface area contributed by atoms with E-state index >= 15 is 0 Å². The lowest BCUT2D eigenvalue weighted by Gasteiger charge is -2.38. The summed E-state index contributed by atoms with van der Waals surface area (Å²) in [7, 11) is 0. The van der Waals surface area contributed by atoms with Crippen molar-refractivity contribution in [3.63, 3.8) is 0 Å². The summed E-state index contributed by atoms with van der Waals surface area (Å²) in [6.45, 7) is 2.05. The van der Waals surface area contributed by atoms with Gasteiger partial charge in [-0.2, -0.15) is 26.3 Å². The van der Waals surface area contributed by atoms with Gasteiger partial charge in [-0.15, -0.1) is 0 Å². The maximum absolute atomic E-state index is 15.0. The molecule has 0 spiro atoms. The van der Waals surface area contributed by atoms with Crippen molar-refractivity contribution in [2.75, 3.05) is 0 Å². The second-order valence-electron chi connectivity index (χ2n) is 11.8. The molecule has 2 saturated carbocycles. The molecule has 0 aromatic heterocycles. The third kappa shape index (κ3) is 8.15. The summed E-state index contributed by atoms with van der Waals surface area (Å²) in [6, 6.07) is 0.608. The summed E-state index contributed by atoms with van der Waals surface area (Å²) in [6.07, 6.45) is -8.64. The SMILES string of the molecule is CCCC1CC=C(C(F)(F)OC2CCC(C(F)(F)OC3CCC(C(F)(F)Oc4cc(F)c(F)c(F)c4)CC3)CC2)CC1. The Morgan fingerprint density at radius 2 is 1.24 bits per heavy atom. The van der Waals surface area contributed by atoms with Crippen LogP contribution in [0.4, 0.5) is 39.5 Å². The Hall–Kier alpha value is -1.95. The minimum Gasteiger partial charge on any atom is -0.432 e. The molecule has 12 heteroatoms. The summed E-state index contributed by atoms with van der Waals surface area (Å²) in [5.74, 6) is -8.34. The minimum absolute atomic E-state index is 0.0197. The van der Waals surface area contributed by atoms with Crippen LogP contribution in [-0.2, 0) is 9.47 Å². The van der Waals surface area contributed by atoms with Crippen LogP contribution in [0, 0.1) is 35.2 Å². The number of halogens is 9. The Balaban J connectivity index is 1.22. The topological polar surface area (TPSA) is 27.7 Å². The number of ether oxygens (including phenoxy) is 3. The van der Waals surface area contributed by atoms with Gasteiger partial charge in [0.2, 0.25) is 0 Å². The zero-order chi connectivity index (χ0) is 30.7. The lowest BCUT2D eigenvalue weighted by atomic mass is 9.84. The Labute approximate surface area is 239 Å². The van der Waals surface area contributed by atoms with Crippen molar-refractivity contribution in [1.29, 1.82) is 0 Å². The molecule has 3 aliphatic carbocycles. The Morgan fingerprint density at radius 1 is 0.714 bits per heavy atom. The highest BCUT2D eigenvalue weighted by atomic mass is 19.3. The van der Waals surface area contributed by atoms with E-state index in [1.165, 1.54) is 0 Å². The van der Waals surface area contributed by atoms with E-state index in [9.17, 15) is 39.5 Å². The molecule has 0 heterocycles. The maximum Gasteiger partial charge on any atom is 0.400 e. The average molecular weight is 617 g/mol. The van der Waals surface area contributed by atoms with Gasteiger partial charge >= 0.3 is 18.3 Å². The van der Waals surface area contributed by atoms with Gasteiger partial charge in [0.1, 0.15) is 5.75 Å². The van der Waals surface area contributed by atoms with Crippen LogP contribution in [0.3, 0.4) is 0 Å². The fourth-order valence-corrected chi connectivity index (χ4v) is 6.29. The fourth-order valence-electron chi connectivity index (χ4n) is 6.29. The number of rotatable bonds is 11. The largest absolute Gasteiger partial charge is 0.432 e. The molecule has 0 saturated heterocycles. The van der Waals surface area contributed by atoms with E-state index < -0.39 is 65.6 Å². The molecule has 1 aromatic rings. The fraction of sp³-hybridized carbons (Fsp3) is 0.733. The smallest absolute Gasteiger partial charge is 0.400 e. The van der Waals surface area contributed by atoms with Gasteiger partial charge in [-0.05, 0) is 76.5 Å². The molecule has 0 radical (unpaired) electrons. The number of alkyl halides is 6. The lowest BCUT2D eigenvalue weighted by molar-refractivity contribution is -0.310. The predicted molar refractivity (Wildman–Crippen MR) is 136 cm³/mol. The van der Waals surface area contributed by atoms with Crippen molar-refractivity contribution in [3.05, 3.63) is 41.2 Å². The molecule has 0 aliphatic heterocycles. The molecule has 1 unspecified atom stereocenters. The summed E-state index contributed by atoms with van der Waals surface area (Å²) in [4.78, 5) is 0. The first kappa shape index (κ1) is 33.0. The first-order valence-corrected chi connectivity index (χ1v) is 14.7. The van der Waals surface area contributed by atoms with E-state index in [0.29, 0.717) is 30.9 Å². The molecule has 1 atom stereocenters. The van der Waals surface area contributed by atoms with Crippen molar-refractivity contribution >= 4 is 0 Å². The van der Waals surface area contributed by atoms with E-state index in [-0.39, 0.29) is 63.4 Å². The van der Waals surface area contributed by atoms with Crippen molar-refractivity contribution in [2.45, 2.75) is 121 Å². The zero-order valence-electron chi connectivity index (χ0n) is 23.4. The monoisotopic (exact) mass is 616 g/mol. The van der Waals surface area contributed by atoms with Gasteiger partial charge in [0.25, 0.3) is 0 Å². The van der Waals surface area contributed by atoms with Gasteiger partial charge in [-0.25, -0.2) is 13.2 Å². The number of allylic oxidation sites excluding steroid dienone is 1. The molecule has 42 heavy (non-hydrogen) atoms. The predicted octanol–water partition coefficient (Wildman–Crippen LogP) is 9.94. The van der Waals surface area contributed by atoms with E-state index in [2.05, 4.69) is 11.7 Å². The highest BCUT2D eigenvalue weighted by Gasteiger charge is 2.49. The van der Waals surface area contributed by atoms with Gasteiger partial charge in [0.05, 0.1) is 24.0 Å². The molecule has 238 valence electrons. The molecular formula is C30H37F9O3.